The van der Waals surface area contributed by atoms with Crippen molar-refractivity contribution in [1.29, 1.82) is 0 Å². The van der Waals surface area contributed by atoms with Crippen molar-refractivity contribution in [3.05, 3.63) is 118 Å². The van der Waals surface area contributed by atoms with E-state index < -0.39 is 0 Å². The van der Waals surface area contributed by atoms with E-state index in [0.717, 1.165) is 71.5 Å². The fourth-order valence-corrected chi connectivity index (χ4v) is 6.17. The van der Waals surface area contributed by atoms with Gasteiger partial charge in [0, 0.05) is 61.5 Å². The van der Waals surface area contributed by atoms with Gasteiger partial charge in [-0.2, -0.15) is 0 Å². The maximum Gasteiger partial charge on any atom is 0.200 e. The summed E-state index contributed by atoms with van der Waals surface area (Å²) in [5.74, 6) is 1.94. The molecule has 6 rings (SSSR count). The Kier molecular flexibility index (Phi) is 10.0. The summed E-state index contributed by atoms with van der Waals surface area (Å²) in [6, 6.07) is 23.3. The van der Waals surface area contributed by atoms with Gasteiger partial charge in [-0.05, 0) is 73.1 Å². The number of nitrogens with two attached hydrogens (primary N) is 1. The minimum Gasteiger partial charge on any atom is -0.493 e. The number of methoxy groups -OCH3 is 1. The van der Waals surface area contributed by atoms with Gasteiger partial charge in [-0.25, -0.2) is 4.98 Å². The highest BCUT2D eigenvalue weighted by Gasteiger charge is 2.20. The molecule has 0 spiro atoms. The van der Waals surface area contributed by atoms with Crippen LogP contribution in [0.2, 0.25) is 0 Å². The summed E-state index contributed by atoms with van der Waals surface area (Å²) in [5.41, 5.74) is 13.0. The number of Topliss-reactive ketones (excluding diaryl/α,β-unsaturated/α-hetero) is 1. The van der Waals surface area contributed by atoms with Crippen LogP contribution in [0.15, 0.2) is 96.2 Å². The SMILES string of the molecule is CCOc1ccc(-c2cnc(N)c(-c3ccc(CC(=O)c4cn(CC5CCOCC5)cc(-c5ccc(C)cc5)c4=O)cc3)c2)cc1OC. The molecule has 3 aromatic carbocycles. The number of aryl methyl sites for hydroxylation is 1. The minimum atomic E-state index is -0.245. The Labute approximate surface area is 281 Å². The van der Waals surface area contributed by atoms with E-state index in [9.17, 15) is 9.59 Å². The molecule has 5 aromatic rings. The van der Waals surface area contributed by atoms with Crippen LogP contribution < -0.4 is 20.6 Å². The largest absolute Gasteiger partial charge is 0.493 e. The standard InChI is InChI=1S/C40H41N3O5/c1-4-48-37-14-13-31(21-38(37)46-3)32-20-33(40(41)42-22-32)29-11-7-27(8-12-29)19-36(44)35-25-43(23-28-15-17-47-18-16-28)24-34(39(35)45)30-9-5-26(2)6-10-30/h5-14,20-22,24-25,28H,4,15-19,23H2,1-3H3,(H2,41,42). The number of rotatable bonds is 11. The zero-order valence-electron chi connectivity index (χ0n) is 27.7. The van der Waals surface area contributed by atoms with E-state index in [1.165, 1.54) is 0 Å². The van der Waals surface area contributed by atoms with Crippen molar-refractivity contribution in [3.8, 4) is 44.9 Å². The van der Waals surface area contributed by atoms with Gasteiger partial charge in [0.05, 0.1) is 19.3 Å². The summed E-state index contributed by atoms with van der Waals surface area (Å²) >= 11 is 0. The van der Waals surface area contributed by atoms with Crippen LogP contribution in [0.3, 0.4) is 0 Å². The van der Waals surface area contributed by atoms with Crippen molar-refractivity contribution < 1.29 is 19.0 Å². The normalized spacial score (nSPS) is 13.3. The lowest BCUT2D eigenvalue weighted by molar-refractivity contribution is 0.0612. The van der Waals surface area contributed by atoms with Gasteiger partial charge in [0.25, 0.3) is 0 Å². The molecule has 0 aliphatic carbocycles. The molecular formula is C40H41N3O5. The molecule has 1 aliphatic heterocycles. The number of carbonyl (C=O) groups is 1. The van der Waals surface area contributed by atoms with Gasteiger partial charge in [-0.15, -0.1) is 0 Å². The maximum absolute atomic E-state index is 13.8. The molecule has 48 heavy (non-hydrogen) atoms. The molecule has 3 heterocycles. The molecule has 0 saturated carbocycles. The van der Waals surface area contributed by atoms with Gasteiger partial charge in [0.1, 0.15) is 5.82 Å². The molecule has 1 fully saturated rings. The lowest BCUT2D eigenvalue weighted by Crippen LogP contribution is -2.25. The molecule has 1 saturated heterocycles. The number of ether oxygens (including phenoxy) is 3. The Balaban J connectivity index is 1.26. The van der Waals surface area contributed by atoms with E-state index in [1.807, 2.05) is 97.4 Å². The highest BCUT2D eigenvalue weighted by Crippen LogP contribution is 2.35. The van der Waals surface area contributed by atoms with Gasteiger partial charge in [-0.3, -0.25) is 9.59 Å². The van der Waals surface area contributed by atoms with Crippen LogP contribution in [-0.4, -0.2) is 42.3 Å². The molecule has 2 N–H and O–H groups in total. The third-order valence-corrected chi connectivity index (χ3v) is 8.90. The lowest BCUT2D eigenvalue weighted by atomic mass is 9.96. The van der Waals surface area contributed by atoms with Crippen LogP contribution >= 0.6 is 0 Å². The van der Waals surface area contributed by atoms with Crippen molar-refractivity contribution in [2.45, 2.75) is 39.7 Å². The first-order valence-corrected chi connectivity index (χ1v) is 16.4. The van der Waals surface area contributed by atoms with Crippen LogP contribution in [0.4, 0.5) is 5.82 Å². The number of hydrogen-bond donors (Lipinski definition) is 1. The number of hydrogen-bond acceptors (Lipinski definition) is 7. The monoisotopic (exact) mass is 643 g/mol. The van der Waals surface area contributed by atoms with Crippen LogP contribution in [-0.2, 0) is 17.7 Å². The summed E-state index contributed by atoms with van der Waals surface area (Å²) in [4.78, 5) is 32.0. The van der Waals surface area contributed by atoms with Crippen LogP contribution in [0.25, 0.3) is 33.4 Å². The number of carbonyl (C=O) groups excluding carboxylic acids is 1. The zero-order chi connectivity index (χ0) is 33.6. The second-order valence-electron chi connectivity index (χ2n) is 12.3. The van der Waals surface area contributed by atoms with Gasteiger partial charge in [-0.1, -0.05) is 60.2 Å². The number of anilines is 1. The first-order chi connectivity index (χ1) is 23.3. The van der Waals surface area contributed by atoms with E-state index in [2.05, 4.69) is 4.98 Å². The summed E-state index contributed by atoms with van der Waals surface area (Å²) < 4.78 is 18.8. The van der Waals surface area contributed by atoms with Crippen LogP contribution in [0.5, 0.6) is 11.5 Å². The molecule has 0 radical (unpaired) electrons. The third-order valence-electron chi connectivity index (χ3n) is 8.90. The van der Waals surface area contributed by atoms with Gasteiger partial charge < -0.3 is 24.5 Å². The second kappa shape index (κ2) is 14.7. The molecule has 1 aliphatic rings. The highest BCUT2D eigenvalue weighted by atomic mass is 16.5. The fourth-order valence-electron chi connectivity index (χ4n) is 6.17. The zero-order valence-corrected chi connectivity index (χ0v) is 27.7. The molecule has 0 bridgehead atoms. The average Bonchev–Trinajstić information content (AvgIpc) is 3.11. The van der Waals surface area contributed by atoms with E-state index in [4.69, 9.17) is 19.9 Å². The van der Waals surface area contributed by atoms with Gasteiger partial charge in [0.2, 0.25) is 0 Å². The molecular weight excluding hydrogens is 602 g/mol. The second-order valence-corrected chi connectivity index (χ2v) is 12.3. The molecule has 8 heteroatoms. The van der Waals surface area contributed by atoms with Gasteiger partial charge >= 0.3 is 0 Å². The number of nitrogens with zero attached hydrogens (tertiary/aromatic N) is 2. The molecule has 0 amide bonds. The van der Waals surface area contributed by atoms with E-state index in [0.29, 0.717) is 35.4 Å². The molecule has 246 valence electrons. The molecule has 0 unspecified atom stereocenters. The first kappa shape index (κ1) is 32.7. The van der Waals surface area contributed by atoms with Gasteiger partial charge in [0.15, 0.2) is 22.7 Å². The van der Waals surface area contributed by atoms with E-state index in [-0.39, 0.29) is 23.2 Å². The number of nitrogen functional groups attached to an aromatic ring is 1. The van der Waals surface area contributed by atoms with Crippen molar-refractivity contribution >= 4 is 11.6 Å². The Morgan fingerprint density at radius 2 is 1.58 bits per heavy atom. The quantitative estimate of drug-likeness (QED) is 0.150. The van der Waals surface area contributed by atoms with Crippen LogP contribution in [0.1, 0.15) is 41.3 Å². The third kappa shape index (κ3) is 7.34. The Bertz CT molecular complexity index is 1960. The highest BCUT2D eigenvalue weighted by molar-refractivity contribution is 5.98. The van der Waals surface area contributed by atoms with E-state index in [1.54, 1.807) is 19.5 Å². The number of benzene rings is 3. The Morgan fingerprint density at radius 1 is 0.896 bits per heavy atom. The topological polar surface area (TPSA) is 106 Å². The molecule has 8 nitrogen and oxygen atoms in total. The fraction of sp³-hybridized carbons (Fsp3) is 0.275. The van der Waals surface area contributed by atoms with Crippen molar-refractivity contribution in [3.63, 3.8) is 0 Å². The number of aromatic nitrogens is 2. The number of pyridine rings is 2. The first-order valence-electron chi connectivity index (χ1n) is 16.4. The van der Waals surface area contributed by atoms with E-state index >= 15 is 0 Å². The minimum absolute atomic E-state index is 0.101. The number of ketones is 1. The smallest absolute Gasteiger partial charge is 0.200 e. The van der Waals surface area contributed by atoms with Crippen molar-refractivity contribution in [2.24, 2.45) is 5.92 Å². The summed E-state index contributed by atoms with van der Waals surface area (Å²) in [5, 5.41) is 0. The lowest BCUT2D eigenvalue weighted by Gasteiger charge is -2.23. The molecule has 2 aromatic heterocycles. The summed E-state index contributed by atoms with van der Waals surface area (Å²) in [7, 11) is 1.62. The molecule has 0 atom stereocenters. The Morgan fingerprint density at radius 3 is 2.29 bits per heavy atom. The van der Waals surface area contributed by atoms with Crippen LogP contribution in [0, 0.1) is 12.8 Å². The Hall–Kier alpha value is -5.21. The predicted octanol–water partition coefficient (Wildman–Crippen LogP) is 7.39. The average molecular weight is 644 g/mol. The maximum atomic E-state index is 13.8. The van der Waals surface area contributed by atoms with Crippen molar-refractivity contribution in [2.75, 3.05) is 32.7 Å². The predicted molar refractivity (Wildman–Crippen MR) is 190 cm³/mol. The van der Waals surface area contributed by atoms with Crippen molar-refractivity contribution in [1.82, 2.24) is 9.55 Å². The summed E-state index contributed by atoms with van der Waals surface area (Å²) in [6.07, 6.45) is 7.38. The summed E-state index contributed by atoms with van der Waals surface area (Å²) in [6.45, 7) is 6.69.